The number of hydrogen-bond acceptors (Lipinski definition) is 6. The van der Waals surface area contributed by atoms with E-state index in [1.165, 1.54) is 23.5 Å². The molecule has 7 nitrogen and oxygen atoms in total. The van der Waals surface area contributed by atoms with Crippen LogP contribution in [-0.4, -0.2) is 35.6 Å². The van der Waals surface area contributed by atoms with E-state index in [0.29, 0.717) is 27.5 Å². The largest absolute Gasteiger partial charge is 0.462 e. The van der Waals surface area contributed by atoms with Crippen molar-refractivity contribution in [1.29, 1.82) is 0 Å². The van der Waals surface area contributed by atoms with Crippen molar-refractivity contribution < 1.29 is 28.2 Å². The number of benzene rings is 1. The number of carbonyl (C=O) groups excluding carboxylic acids is 3. The molecule has 9 heteroatoms. The normalized spacial score (nSPS) is 12.7. The Labute approximate surface area is 206 Å². The topological polar surface area (TPSA) is 86.6 Å². The first-order chi connectivity index (χ1) is 16.8. The molecule has 4 rings (SSSR count). The van der Waals surface area contributed by atoms with Gasteiger partial charge in [-0.25, -0.2) is 14.0 Å². The molecule has 1 aromatic carbocycles. The van der Waals surface area contributed by atoms with Gasteiger partial charge in [-0.3, -0.25) is 4.79 Å². The summed E-state index contributed by atoms with van der Waals surface area (Å²) in [5.41, 5.74) is 3.78. The Bertz CT molecular complexity index is 1280. The highest BCUT2D eigenvalue weighted by Crippen LogP contribution is 2.38. The van der Waals surface area contributed by atoms with Crippen LogP contribution in [0.1, 0.15) is 62.3 Å². The van der Waals surface area contributed by atoms with E-state index in [1.807, 2.05) is 11.5 Å². The zero-order valence-corrected chi connectivity index (χ0v) is 20.7. The summed E-state index contributed by atoms with van der Waals surface area (Å²) in [5, 5.41) is 3.17. The summed E-state index contributed by atoms with van der Waals surface area (Å²) in [6, 6.07) is 7.62. The number of fused-ring (bicyclic) bond motifs is 1. The van der Waals surface area contributed by atoms with Crippen molar-refractivity contribution in [2.45, 2.75) is 46.5 Å². The Balaban J connectivity index is 1.46. The molecule has 0 aliphatic heterocycles. The lowest BCUT2D eigenvalue weighted by atomic mass is 9.95. The van der Waals surface area contributed by atoms with Crippen LogP contribution in [0, 0.1) is 19.7 Å². The van der Waals surface area contributed by atoms with Crippen LogP contribution in [0.5, 0.6) is 0 Å². The third-order valence-electron chi connectivity index (χ3n) is 5.97. The number of nitrogens with zero attached hydrogens (tertiary/aromatic N) is 1. The number of amides is 1. The van der Waals surface area contributed by atoms with Gasteiger partial charge in [-0.05, 0) is 82.3 Å². The van der Waals surface area contributed by atoms with Crippen LogP contribution < -0.4 is 5.32 Å². The van der Waals surface area contributed by atoms with E-state index >= 15 is 0 Å². The van der Waals surface area contributed by atoms with E-state index in [0.717, 1.165) is 41.8 Å². The number of carbonyl (C=O) groups is 3. The van der Waals surface area contributed by atoms with E-state index < -0.39 is 24.5 Å². The molecule has 1 N–H and O–H groups in total. The van der Waals surface area contributed by atoms with Crippen LogP contribution in [0.4, 0.5) is 9.39 Å². The molecule has 0 unspecified atom stereocenters. The Hall–Kier alpha value is -3.46. The van der Waals surface area contributed by atoms with Gasteiger partial charge in [0.25, 0.3) is 5.91 Å². The predicted molar refractivity (Wildman–Crippen MR) is 131 cm³/mol. The monoisotopic (exact) mass is 498 g/mol. The van der Waals surface area contributed by atoms with Crippen molar-refractivity contribution in [3.63, 3.8) is 0 Å². The van der Waals surface area contributed by atoms with Crippen LogP contribution in [0.3, 0.4) is 0 Å². The molecule has 0 spiro atoms. The second-order valence-corrected chi connectivity index (χ2v) is 9.46. The Morgan fingerprint density at radius 1 is 1.06 bits per heavy atom. The summed E-state index contributed by atoms with van der Waals surface area (Å²) in [6.45, 7) is 5.07. The molecule has 0 bridgehead atoms. The lowest BCUT2D eigenvalue weighted by molar-refractivity contribution is -0.119. The number of esters is 2. The summed E-state index contributed by atoms with van der Waals surface area (Å²) in [4.78, 5) is 39.0. The predicted octanol–water partition coefficient (Wildman–Crippen LogP) is 5.15. The third kappa shape index (κ3) is 5.14. The maximum atomic E-state index is 13.3. The zero-order valence-electron chi connectivity index (χ0n) is 19.9. The number of thiophene rings is 1. The number of hydrogen-bond donors (Lipinski definition) is 1. The zero-order chi connectivity index (χ0) is 25.1. The van der Waals surface area contributed by atoms with Crippen LogP contribution >= 0.6 is 11.3 Å². The fourth-order valence-electron chi connectivity index (χ4n) is 4.40. The third-order valence-corrected chi connectivity index (χ3v) is 7.18. The summed E-state index contributed by atoms with van der Waals surface area (Å²) < 4.78 is 25.6. The average molecular weight is 499 g/mol. The quantitative estimate of drug-likeness (QED) is 0.456. The second-order valence-electron chi connectivity index (χ2n) is 8.36. The molecule has 0 radical (unpaired) electrons. The van der Waals surface area contributed by atoms with Gasteiger partial charge in [0.15, 0.2) is 6.61 Å². The van der Waals surface area contributed by atoms with E-state index in [4.69, 9.17) is 9.47 Å². The van der Waals surface area contributed by atoms with Crippen molar-refractivity contribution in [2.75, 3.05) is 18.5 Å². The van der Waals surface area contributed by atoms with Crippen molar-refractivity contribution >= 4 is 34.2 Å². The van der Waals surface area contributed by atoms with Crippen LogP contribution in [0.25, 0.3) is 5.69 Å². The molecule has 0 saturated carbocycles. The van der Waals surface area contributed by atoms with E-state index in [2.05, 4.69) is 5.32 Å². The molecule has 184 valence electrons. The maximum absolute atomic E-state index is 13.3. The number of anilines is 1. The van der Waals surface area contributed by atoms with E-state index in [9.17, 15) is 18.8 Å². The summed E-state index contributed by atoms with van der Waals surface area (Å²) >= 11 is 1.38. The van der Waals surface area contributed by atoms with Crippen molar-refractivity contribution in [2.24, 2.45) is 0 Å². The molecular formula is C26H27FN2O5S. The van der Waals surface area contributed by atoms with Gasteiger partial charge in [0.1, 0.15) is 10.8 Å². The fraction of sp³-hybridized carbons (Fsp3) is 0.346. The minimum Gasteiger partial charge on any atom is -0.462 e. The average Bonchev–Trinajstić information content (AvgIpc) is 3.34. The van der Waals surface area contributed by atoms with Crippen LogP contribution in [0.2, 0.25) is 0 Å². The smallest absolute Gasteiger partial charge is 0.341 e. The number of aryl methyl sites for hydroxylation is 2. The van der Waals surface area contributed by atoms with E-state index in [-0.39, 0.29) is 12.4 Å². The number of aromatic nitrogens is 1. The highest BCUT2D eigenvalue weighted by atomic mass is 32.1. The molecule has 2 heterocycles. The Morgan fingerprint density at radius 3 is 2.49 bits per heavy atom. The van der Waals surface area contributed by atoms with Crippen molar-refractivity contribution in [1.82, 2.24) is 4.57 Å². The van der Waals surface area contributed by atoms with Crippen molar-refractivity contribution in [3.8, 4) is 5.69 Å². The molecule has 2 aromatic heterocycles. The number of ether oxygens (including phenoxy) is 2. The first-order valence-corrected chi connectivity index (χ1v) is 12.3. The minimum atomic E-state index is -0.641. The van der Waals surface area contributed by atoms with Gasteiger partial charge in [-0.1, -0.05) is 0 Å². The van der Waals surface area contributed by atoms with Gasteiger partial charge in [0.2, 0.25) is 0 Å². The lowest BCUT2D eigenvalue weighted by Crippen LogP contribution is -2.22. The number of rotatable bonds is 7. The van der Waals surface area contributed by atoms with E-state index in [1.54, 1.807) is 32.0 Å². The molecule has 3 aromatic rings. The summed E-state index contributed by atoms with van der Waals surface area (Å²) in [5.74, 6) is -1.97. The minimum absolute atomic E-state index is 0.241. The molecule has 1 aliphatic carbocycles. The second kappa shape index (κ2) is 10.4. The lowest BCUT2D eigenvalue weighted by Gasteiger charge is -2.12. The van der Waals surface area contributed by atoms with Crippen LogP contribution in [0.15, 0.2) is 30.3 Å². The highest BCUT2D eigenvalue weighted by Gasteiger charge is 2.27. The first-order valence-electron chi connectivity index (χ1n) is 11.5. The molecule has 1 amide bonds. The van der Waals surface area contributed by atoms with Gasteiger partial charge < -0.3 is 19.4 Å². The molecule has 0 atom stereocenters. The Kier molecular flexibility index (Phi) is 7.35. The first kappa shape index (κ1) is 24.7. The molecule has 0 saturated heterocycles. The summed E-state index contributed by atoms with van der Waals surface area (Å²) in [6.07, 6.45) is 3.66. The maximum Gasteiger partial charge on any atom is 0.341 e. The Morgan fingerprint density at radius 2 is 1.77 bits per heavy atom. The number of nitrogens with one attached hydrogen (secondary N) is 1. The highest BCUT2D eigenvalue weighted by molar-refractivity contribution is 7.17. The van der Waals surface area contributed by atoms with Gasteiger partial charge >= 0.3 is 11.9 Å². The van der Waals surface area contributed by atoms with Gasteiger partial charge in [-0.15, -0.1) is 11.3 Å². The molecular weight excluding hydrogens is 471 g/mol. The standard InChI is InChI=1S/C26H27FN2O5S/c1-4-33-26(32)23-19-7-5-6-8-21(19)35-24(23)28-22(30)14-34-25(31)20-13-15(2)29(16(20)3)18-11-9-17(27)10-12-18/h9-13H,4-8,14H2,1-3H3,(H,28,30). The molecule has 1 aliphatic rings. The number of halogens is 1. The molecule has 35 heavy (non-hydrogen) atoms. The fourth-order valence-corrected chi connectivity index (χ4v) is 5.70. The summed E-state index contributed by atoms with van der Waals surface area (Å²) in [7, 11) is 0. The SMILES string of the molecule is CCOC(=O)c1c(NC(=O)COC(=O)c2cc(C)n(-c3ccc(F)cc3)c2C)sc2c1CCCC2. The van der Waals surface area contributed by atoms with Gasteiger partial charge in [0, 0.05) is 22.0 Å². The van der Waals surface area contributed by atoms with Crippen LogP contribution in [-0.2, 0) is 27.1 Å². The molecule has 0 fully saturated rings. The van der Waals surface area contributed by atoms with Gasteiger partial charge in [0.05, 0.1) is 17.7 Å². The van der Waals surface area contributed by atoms with Gasteiger partial charge in [-0.2, -0.15) is 0 Å². The van der Waals surface area contributed by atoms with Crippen molar-refractivity contribution in [3.05, 3.63) is 69.1 Å².